The van der Waals surface area contributed by atoms with E-state index < -0.39 is 42.0 Å². The van der Waals surface area contributed by atoms with Crippen LogP contribution in [0.5, 0.6) is 0 Å². The van der Waals surface area contributed by atoms with E-state index in [0.29, 0.717) is 18.4 Å². The van der Waals surface area contributed by atoms with Crippen molar-refractivity contribution in [3.05, 3.63) is 35.9 Å². The molecule has 0 bridgehead atoms. The van der Waals surface area contributed by atoms with Crippen molar-refractivity contribution >= 4 is 23.7 Å². The summed E-state index contributed by atoms with van der Waals surface area (Å²) in [5.41, 5.74) is 0.716. The lowest BCUT2D eigenvalue weighted by atomic mass is 9.97. The van der Waals surface area contributed by atoms with Gasteiger partial charge in [-0.3, -0.25) is 14.4 Å². The second kappa shape index (κ2) is 13.0. The molecule has 0 radical (unpaired) electrons. The van der Waals surface area contributed by atoms with E-state index in [1.54, 1.807) is 30.3 Å². The second-order valence-corrected chi connectivity index (χ2v) is 8.84. The quantitative estimate of drug-likeness (QED) is 0.247. The first-order valence-electron chi connectivity index (χ1n) is 11.7. The zero-order valence-electron chi connectivity index (χ0n) is 19.9. The van der Waals surface area contributed by atoms with Gasteiger partial charge in [-0.15, -0.1) is 0 Å². The molecule has 1 saturated heterocycles. The van der Waals surface area contributed by atoms with Gasteiger partial charge in [0.1, 0.15) is 18.1 Å². The van der Waals surface area contributed by atoms with Crippen molar-refractivity contribution in [2.45, 2.75) is 76.7 Å². The number of carbonyl (C=O) groups is 4. The highest BCUT2D eigenvalue weighted by Crippen LogP contribution is 2.12. The minimum absolute atomic E-state index is 0.0440. The first kappa shape index (κ1) is 27.3. The van der Waals surface area contributed by atoms with Crippen LogP contribution < -0.4 is 21.3 Å². The molecule has 6 atom stereocenters. The van der Waals surface area contributed by atoms with Crippen molar-refractivity contribution in [2.75, 3.05) is 6.54 Å². The van der Waals surface area contributed by atoms with Gasteiger partial charge in [-0.25, -0.2) is 4.79 Å². The Bertz CT molecular complexity index is 841. The summed E-state index contributed by atoms with van der Waals surface area (Å²) in [6, 6.07) is 4.90. The summed E-state index contributed by atoms with van der Waals surface area (Å²) >= 11 is 0. The van der Waals surface area contributed by atoms with Gasteiger partial charge in [0.25, 0.3) is 0 Å². The number of aliphatic hydroxyl groups excluding tert-OH is 1. The van der Waals surface area contributed by atoms with Crippen LogP contribution in [0, 0.1) is 5.92 Å². The predicted molar refractivity (Wildman–Crippen MR) is 126 cm³/mol. The topological polar surface area (TPSA) is 157 Å². The summed E-state index contributed by atoms with van der Waals surface area (Å²) in [5.74, 6) is -3.19. The second-order valence-electron chi connectivity index (χ2n) is 8.84. The summed E-state index contributed by atoms with van der Waals surface area (Å²) in [6.45, 7) is 5.75. The van der Waals surface area contributed by atoms with Crippen LogP contribution >= 0.6 is 0 Å². The lowest BCUT2D eigenvalue weighted by Gasteiger charge is -2.29. The molecule has 34 heavy (non-hydrogen) atoms. The first-order valence-corrected chi connectivity index (χ1v) is 11.7. The lowest BCUT2D eigenvalue weighted by Crippen LogP contribution is -2.61. The molecular weight excluding hydrogens is 440 g/mol. The minimum Gasteiger partial charge on any atom is -0.480 e. The third kappa shape index (κ3) is 7.81. The van der Waals surface area contributed by atoms with Crippen molar-refractivity contribution in [3.63, 3.8) is 0 Å². The lowest BCUT2D eigenvalue weighted by molar-refractivity contribution is -0.143. The Labute approximate surface area is 199 Å². The van der Waals surface area contributed by atoms with Crippen LogP contribution in [0.2, 0.25) is 0 Å². The fourth-order valence-electron chi connectivity index (χ4n) is 3.82. The summed E-state index contributed by atoms with van der Waals surface area (Å²) in [6.07, 6.45) is 0.899. The molecule has 2 rings (SSSR count). The standard InChI is InChI=1S/C24H36N4O6/c1-4-14(2)19(27-21(30)17-11-8-12-25-17)22(31)28-20(15(3)29)23(32)26-18(24(33)34)13-16-9-6-5-7-10-16/h5-7,9-10,14-15,17-20,25,29H,4,8,11-13H2,1-3H3,(H,26,32)(H,27,30)(H,28,31)(H,33,34). The van der Waals surface area contributed by atoms with E-state index in [2.05, 4.69) is 21.3 Å². The number of benzene rings is 1. The predicted octanol–water partition coefficient (Wildman–Crippen LogP) is -0.0530. The number of carboxylic acid groups (broad SMARTS) is 1. The van der Waals surface area contributed by atoms with Crippen molar-refractivity contribution in [1.82, 2.24) is 21.3 Å². The van der Waals surface area contributed by atoms with Gasteiger partial charge in [0.2, 0.25) is 17.7 Å². The van der Waals surface area contributed by atoms with Crippen LogP contribution in [0.15, 0.2) is 30.3 Å². The van der Waals surface area contributed by atoms with E-state index in [4.69, 9.17) is 0 Å². The Hall–Kier alpha value is -2.98. The highest BCUT2D eigenvalue weighted by molar-refractivity contribution is 5.94. The van der Waals surface area contributed by atoms with Gasteiger partial charge in [-0.1, -0.05) is 50.6 Å². The molecule has 1 aliphatic rings. The summed E-state index contributed by atoms with van der Waals surface area (Å²) in [4.78, 5) is 50.2. The third-order valence-electron chi connectivity index (χ3n) is 6.13. The van der Waals surface area contributed by atoms with Gasteiger partial charge in [-0.05, 0) is 37.8 Å². The molecule has 10 heteroatoms. The van der Waals surface area contributed by atoms with Crippen LogP contribution in [0.3, 0.4) is 0 Å². The maximum Gasteiger partial charge on any atom is 0.326 e. The van der Waals surface area contributed by atoms with Gasteiger partial charge in [0, 0.05) is 6.42 Å². The molecule has 10 nitrogen and oxygen atoms in total. The molecule has 1 heterocycles. The number of amides is 3. The summed E-state index contributed by atoms with van der Waals surface area (Å²) in [5, 5.41) is 30.5. The molecule has 6 N–H and O–H groups in total. The van der Waals surface area contributed by atoms with Gasteiger partial charge in [0.05, 0.1) is 12.1 Å². The molecule has 6 unspecified atom stereocenters. The van der Waals surface area contributed by atoms with Crippen molar-refractivity contribution < 1.29 is 29.4 Å². The van der Waals surface area contributed by atoms with Crippen LogP contribution in [0.25, 0.3) is 0 Å². The maximum atomic E-state index is 13.1. The summed E-state index contributed by atoms with van der Waals surface area (Å²) in [7, 11) is 0. The number of aliphatic hydroxyl groups is 1. The number of carboxylic acids is 1. The maximum absolute atomic E-state index is 13.1. The number of carbonyl (C=O) groups excluding carboxylic acids is 3. The SMILES string of the molecule is CCC(C)C(NC(=O)C1CCCN1)C(=O)NC(C(=O)NC(Cc1ccccc1)C(=O)O)C(C)O. The molecule has 1 aromatic rings. The van der Waals surface area contributed by atoms with Crippen LogP contribution in [-0.4, -0.2) is 70.7 Å². The fourth-order valence-corrected chi connectivity index (χ4v) is 3.82. The molecule has 1 aromatic carbocycles. The van der Waals surface area contributed by atoms with Crippen molar-refractivity contribution in [3.8, 4) is 0 Å². The van der Waals surface area contributed by atoms with Gasteiger partial charge < -0.3 is 31.5 Å². The molecule has 1 fully saturated rings. The Balaban J connectivity index is 2.09. The Morgan fingerprint density at radius 1 is 1.03 bits per heavy atom. The number of rotatable bonds is 12. The number of hydrogen-bond acceptors (Lipinski definition) is 6. The number of hydrogen-bond donors (Lipinski definition) is 6. The summed E-state index contributed by atoms with van der Waals surface area (Å²) < 4.78 is 0. The average molecular weight is 477 g/mol. The third-order valence-corrected chi connectivity index (χ3v) is 6.13. The number of aliphatic carboxylic acids is 1. The van der Waals surface area contributed by atoms with Crippen LogP contribution in [-0.2, 0) is 25.6 Å². The Kier molecular flexibility index (Phi) is 10.5. The zero-order valence-corrected chi connectivity index (χ0v) is 19.9. The van der Waals surface area contributed by atoms with Crippen LogP contribution in [0.1, 0.15) is 45.6 Å². The molecule has 1 aliphatic heterocycles. The zero-order chi connectivity index (χ0) is 25.3. The highest BCUT2D eigenvalue weighted by atomic mass is 16.4. The van der Waals surface area contributed by atoms with E-state index in [-0.39, 0.29) is 24.3 Å². The molecule has 3 amide bonds. The smallest absolute Gasteiger partial charge is 0.326 e. The molecule has 188 valence electrons. The number of nitrogens with one attached hydrogen (secondary N) is 4. The first-order chi connectivity index (χ1) is 16.1. The van der Waals surface area contributed by atoms with Crippen molar-refractivity contribution in [1.29, 1.82) is 0 Å². The van der Waals surface area contributed by atoms with E-state index in [1.807, 2.05) is 13.8 Å². The molecule has 0 saturated carbocycles. The van der Waals surface area contributed by atoms with E-state index in [1.165, 1.54) is 6.92 Å². The molecule has 0 aliphatic carbocycles. The van der Waals surface area contributed by atoms with Gasteiger partial charge in [-0.2, -0.15) is 0 Å². The minimum atomic E-state index is -1.39. The molecular formula is C24H36N4O6. The normalized spacial score (nSPS) is 19.8. The van der Waals surface area contributed by atoms with Gasteiger partial charge >= 0.3 is 5.97 Å². The Morgan fingerprint density at radius 2 is 1.68 bits per heavy atom. The van der Waals surface area contributed by atoms with E-state index in [9.17, 15) is 29.4 Å². The fraction of sp³-hybridized carbons (Fsp3) is 0.583. The Morgan fingerprint density at radius 3 is 2.21 bits per heavy atom. The molecule has 0 spiro atoms. The van der Waals surface area contributed by atoms with Crippen LogP contribution in [0.4, 0.5) is 0 Å². The van der Waals surface area contributed by atoms with Crippen molar-refractivity contribution in [2.24, 2.45) is 5.92 Å². The highest BCUT2D eigenvalue weighted by Gasteiger charge is 2.35. The average Bonchev–Trinajstić information content (AvgIpc) is 3.35. The monoisotopic (exact) mass is 476 g/mol. The van der Waals surface area contributed by atoms with E-state index in [0.717, 1.165) is 13.0 Å². The van der Waals surface area contributed by atoms with E-state index >= 15 is 0 Å². The van der Waals surface area contributed by atoms with Gasteiger partial charge in [0.15, 0.2) is 0 Å². The largest absolute Gasteiger partial charge is 0.480 e. The molecule has 0 aromatic heterocycles.